The van der Waals surface area contributed by atoms with Crippen LogP contribution < -0.4 is 10.1 Å². The van der Waals surface area contributed by atoms with Crippen LogP contribution in [0.1, 0.15) is 31.0 Å². The molecule has 0 amide bonds. The second-order valence-corrected chi connectivity index (χ2v) is 6.01. The summed E-state index contributed by atoms with van der Waals surface area (Å²) in [4.78, 5) is 2.47. The number of morpholine rings is 1. The Morgan fingerprint density at radius 2 is 2.14 bits per heavy atom. The zero-order valence-electron chi connectivity index (χ0n) is 13.8. The van der Waals surface area contributed by atoms with Crippen molar-refractivity contribution in [3.8, 4) is 5.75 Å². The number of nitrogens with one attached hydrogen (secondary N) is 1. The predicted octanol–water partition coefficient (Wildman–Crippen LogP) is 2.37. The van der Waals surface area contributed by atoms with Crippen molar-refractivity contribution in [2.75, 3.05) is 33.9 Å². The number of hydrogen-bond donors (Lipinski definition) is 1. The number of benzene rings is 1. The van der Waals surface area contributed by atoms with Crippen molar-refractivity contribution in [1.29, 1.82) is 0 Å². The molecular weight excluding hydrogens is 264 g/mol. The topological polar surface area (TPSA) is 33.7 Å². The van der Waals surface area contributed by atoms with Crippen molar-refractivity contribution >= 4 is 0 Å². The summed E-state index contributed by atoms with van der Waals surface area (Å²) < 4.78 is 11.6. The lowest BCUT2D eigenvalue weighted by atomic mass is 9.97. The highest BCUT2D eigenvalue weighted by molar-refractivity contribution is 5.39. The summed E-state index contributed by atoms with van der Waals surface area (Å²) in [5.74, 6) is 0.922. The van der Waals surface area contributed by atoms with Gasteiger partial charge in [0, 0.05) is 24.7 Å². The summed E-state index contributed by atoms with van der Waals surface area (Å²) in [7, 11) is 3.72. The normalized spacial score (nSPS) is 21.5. The van der Waals surface area contributed by atoms with Gasteiger partial charge in [-0.2, -0.15) is 0 Å². The molecule has 2 rings (SSSR count). The lowest BCUT2D eigenvalue weighted by Crippen LogP contribution is -2.50. The minimum atomic E-state index is 0.140. The van der Waals surface area contributed by atoms with Gasteiger partial charge in [0.15, 0.2) is 0 Å². The first-order valence-electron chi connectivity index (χ1n) is 7.74. The first kappa shape index (κ1) is 16.3. The molecule has 4 nitrogen and oxygen atoms in total. The average molecular weight is 292 g/mol. The van der Waals surface area contributed by atoms with Gasteiger partial charge in [0.05, 0.1) is 25.9 Å². The summed E-state index contributed by atoms with van der Waals surface area (Å²) in [5, 5.41) is 3.42. The van der Waals surface area contributed by atoms with E-state index in [9.17, 15) is 0 Å². The van der Waals surface area contributed by atoms with Crippen LogP contribution in [0.2, 0.25) is 0 Å². The molecule has 0 radical (unpaired) electrons. The molecule has 0 aromatic heterocycles. The highest BCUT2D eigenvalue weighted by atomic mass is 16.5. The fourth-order valence-corrected chi connectivity index (χ4v) is 3.01. The Kier molecular flexibility index (Phi) is 5.62. The van der Waals surface area contributed by atoms with Crippen LogP contribution in [0.4, 0.5) is 0 Å². The fraction of sp³-hybridized carbons (Fsp3) is 0.647. The lowest BCUT2D eigenvalue weighted by molar-refractivity contribution is -0.0553. The maximum Gasteiger partial charge on any atom is 0.123 e. The quantitative estimate of drug-likeness (QED) is 0.903. The van der Waals surface area contributed by atoms with E-state index >= 15 is 0 Å². The molecular formula is C17H28N2O2. The predicted molar refractivity (Wildman–Crippen MR) is 86.0 cm³/mol. The molecule has 1 fully saturated rings. The van der Waals surface area contributed by atoms with Crippen LogP contribution >= 0.6 is 0 Å². The minimum absolute atomic E-state index is 0.140. The summed E-state index contributed by atoms with van der Waals surface area (Å²) in [6.07, 6.45) is 0.141. The van der Waals surface area contributed by atoms with E-state index < -0.39 is 0 Å². The van der Waals surface area contributed by atoms with Gasteiger partial charge in [0.25, 0.3) is 0 Å². The van der Waals surface area contributed by atoms with Crippen molar-refractivity contribution in [2.24, 2.45) is 0 Å². The van der Waals surface area contributed by atoms with Gasteiger partial charge in [-0.1, -0.05) is 17.7 Å². The Labute approximate surface area is 128 Å². The van der Waals surface area contributed by atoms with Gasteiger partial charge in [-0.05, 0) is 33.9 Å². The maximum atomic E-state index is 6.05. The summed E-state index contributed by atoms with van der Waals surface area (Å²) in [5.41, 5.74) is 2.41. The molecule has 1 saturated heterocycles. The van der Waals surface area contributed by atoms with Gasteiger partial charge in [0.2, 0.25) is 0 Å². The largest absolute Gasteiger partial charge is 0.496 e. The SMILES string of the molecule is CNC(c1cc(C)ccc1OC)C1CN(C(C)C)CCO1. The van der Waals surface area contributed by atoms with Gasteiger partial charge >= 0.3 is 0 Å². The number of likely N-dealkylation sites (N-methyl/N-ethyl adjacent to an activating group) is 1. The standard InChI is InChI=1S/C17H28N2O2/c1-12(2)19-8-9-21-16(11-19)17(18-4)14-10-13(3)6-7-15(14)20-5/h6-7,10,12,16-18H,8-9,11H2,1-5H3. The number of methoxy groups -OCH3 is 1. The molecule has 0 aliphatic carbocycles. The average Bonchev–Trinajstić information content (AvgIpc) is 2.48. The van der Waals surface area contributed by atoms with Crippen LogP contribution in [0.25, 0.3) is 0 Å². The number of aryl methyl sites for hydroxylation is 1. The van der Waals surface area contributed by atoms with Crippen molar-refractivity contribution in [2.45, 2.75) is 39.0 Å². The summed E-state index contributed by atoms with van der Waals surface area (Å²) >= 11 is 0. The molecule has 21 heavy (non-hydrogen) atoms. The molecule has 0 bridgehead atoms. The van der Waals surface area contributed by atoms with Crippen molar-refractivity contribution in [1.82, 2.24) is 10.2 Å². The third-order valence-corrected chi connectivity index (χ3v) is 4.26. The van der Waals surface area contributed by atoms with Crippen molar-refractivity contribution in [3.63, 3.8) is 0 Å². The highest BCUT2D eigenvalue weighted by Crippen LogP contribution is 2.31. The zero-order valence-corrected chi connectivity index (χ0v) is 13.8. The van der Waals surface area contributed by atoms with Gasteiger partial charge in [-0.15, -0.1) is 0 Å². The smallest absolute Gasteiger partial charge is 0.123 e. The highest BCUT2D eigenvalue weighted by Gasteiger charge is 2.31. The number of nitrogens with zero attached hydrogens (tertiary/aromatic N) is 1. The van der Waals surface area contributed by atoms with Crippen molar-refractivity contribution < 1.29 is 9.47 Å². The number of hydrogen-bond acceptors (Lipinski definition) is 4. The molecule has 118 valence electrons. The van der Waals surface area contributed by atoms with Crippen molar-refractivity contribution in [3.05, 3.63) is 29.3 Å². The first-order valence-corrected chi connectivity index (χ1v) is 7.74. The van der Waals surface area contributed by atoms with E-state index in [0.29, 0.717) is 6.04 Å². The maximum absolute atomic E-state index is 6.05. The van der Waals surface area contributed by atoms with E-state index in [4.69, 9.17) is 9.47 Å². The second kappa shape index (κ2) is 7.25. The van der Waals surface area contributed by atoms with Gasteiger partial charge in [-0.25, -0.2) is 0 Å². The molecule has 1 N–H and O–H groups in total. The molecule has 1 aliphatic rings. The molecule has 2 atom stereocenters. The van der Waals surface area contributed by atoms with Crippen LogP contribution in [0.15, 0.2) is 18.2 Å². The molecule has 4 heteroatoms. The van der Waals surface area contributed by atoms with E-state index in [1.54, 1.807) is 7.11 Å². The fourth-order valence-electron chi connectivity index (χ4n) is 3.01. The summed E-state index contributed by atoms with van der Waals surface area (Å²) in [6, 6.07) is 7.00. The Bertz CT molecular complexity index is 462. The van der Waals surface area contributed by atoms with Crippen LogP contribution in [-0.2, 0) is 4.74 Å². The minimum Gasteiger partial charge on any atom is -0.496 e. The van der Waals surface area contributed by atoms with Gasteiger partial charge < -0.3 is 14.8 Å². The van der Waals surface area contributed by atoms with Crippen LogP contribution in [0.3, 0.4) is 0 Å². The summed E-state index contributed by atoms with van der Waals surface area (Å²) in [6.45, 7) is 9.33. The third kappa shape index (κ3) is 3.76. The van der Waals surface area contributed by atoms with Crippen LogP contribution in [0, 0.1) is 6.92 Å². The Hall–Kier alpha value is -1.10. The number of ether oxygens (including phenoxy) is 2. The van der Waals surface area contributed by atoms with E-state index in [1.165, 1.54) is 11.1 Å². The van der Waals surface area contributed by atoms with Gasteiger partial charge in [-0.3, -0.25) is 4.90 Å². The molecule has 0 saturated carbocycles. The van der Waals surface area contributed by atoms with Crippen LogP contribution in [0.5, 0.6) is 5.75 Å². The number of rotatable bonds is 5. The Morgan fingerprint density at radius 3 is 2.76 bits per heavy atom. The molecule has 2 unspecified atom stereocenters. The monoisotopic (exact) mass is 292 g/mol. The molecule has 0 spiro atoms. The zero-order chi connectivity index (χ0) is 15.4. The van der Waals surface area contributed by atoms with E-state index in [0.717, 1.165) is 25.4 Å². The van der Waals surface area contributed by atoms with Crippen LogP contribution in [-0.4, -0.2) is 50.9 Å². The molecule has 1 aliphatic heterocycles. The van der Waals surface area contributed by atoms with E-state index in [1.807, 2.05) is 13.1 Å². The van der Waals surface area contributed by atoms with Gasteiger partial charge in [0.1, 0.15) is 5.75 Å². The second-order valence-electron chi connectivity index (χ2n) is 6.01. The molecule has 1 aromatic carbocycles. The van der Waals surface area contributed by atoms with E-state index in [-0.39, 0.29) is 12.1 Å². The van der Waals surface area contributed by atoms with E-state index in [2.05, 4.69) is 43.1 Å². The molecule has 1 aromatic rings. The Morgan fingerprint density at radius 1 is 1.38 bits per heavy atom. The first-order chi connectivity index (χ1) is 10.1. The molecule has 1 heterocycles. The lowest BCUT2D eigenvalue weighted by Gasteiger charge is -2.39. The third-order valence-electron chi connectivity index (χ3n) is 4.26. The Balaban J connectivity index is 2.24.